The molecule has 1 aromatic heterocycles. The van der Waals surface area contributed by atoms with Gasteiger partial charge in [0.05, 0.1) is 10.7 Å². The fourth-order valence-corrected chi connectivity index (χ4v) is 3.44. The molecule has 0 aliphatic heterocycles. The van der Waals surface area contributed by atoms with Gasteiger partial charge in [-0.25, -0.2) is 4.98 Å². The first-order valence-corrected chi connectivity index (χ1v) is 9.75. The molecule has 1 aromatic carbocycles. The molecule has 0 fully saturated rings. The van der Waals surface area contributed by atoms with Gasteiger partial charge >= 0.3 is 0 Å². The number of thiazole rings is 1. The molecule has 0 spiro atoms. The molecule has 2 N–H and O–H groups in total. The summed E-state index contributed by atoms with van der Waals surface area (Å²) in [5.74, 6) is 1.90. The average molecular weight is 476 g/mol. The maximum Gasteiger partial charge on any atom is 0.191 e. The molecule has 0 radical (unpaired) electrons. The van der Waals surface area contributed by atoms with E-state index in [1.54, 1.807) is 11.3 Å². The molecule has 0 bridgehead atoms. The second-order valence-electron chi connectivity index (χ2n) is 4.96. The van der Waals surface area contributed by atoms with Gasteiger partial charge in [-0.05, 0) is 26.0 Å². The highest BCUT2D eigenvalue weighted by Crippen LogP contribution is 2.15. The molecule has 132 valence electrons. The number of hydrogen-bond acceptors (Lipinski definition) is 4. The van der Waals surface area contributed by atoms with Crippen LogP contribution in [0.4, 0.5) is 0 Å². The summed E-state index contributed by atoms with van der Waals surface area (Å²) in [7, 11) is 0. The molecule has 0 saturated heterocycles. The van der Waals surface area contributed by atoms with Crippen LogP contribution in [0, 0.1) is 6.92 Å². The minimum absolute atomic E-state index is 0. The predicted octanol–water partition coefficient (Wildman–Crippen LogP) is 3.96. The minimum Gasteiger partial charge on any atom is -0.357 e. The first kappa shape index (κ1) is 21.2. The van der Waals surface area contributed by atoms with Crippen LogP contribution in [0.25, 0.3) is 0 Å². The van der Waals surface area contributed by atoms with Gasteiger partial charge in [0, 0.05) is 42.1 Å². The summed E-state index contributed by atoms with van der Waals surface area (Å²) < 4.78 is 0. The van der Waals surface area contributed by atoms with E-state index >= 15 is 0 Å². The average Bonchev–Trinajstić information content (AvgIpc) is 2.98. The number of aromatic nitrogens is 1. The number of hydrogen-bond donors (Lipinski definition) is 2. The first-order chi connectivity index (χ1) is 11.3. The molecule has 4 nitrogen and oxygen atoms in total. The molecule has 0 unspecified atom stereocenters. The number of halogens is 1. The number of thioether (sulfide) groups is 1. The molecular weight excluding hydrogens is 451 g/mol. The molecule has 1 heterocycles. The number of guanidine groups is 1. The largest absolute Gasteiger partial charge is 0.357 e. The molecular formula is C17H25IN4S2. The van der Waals surface area contributed by atoms with Crippen molar-refractivity contribution in [3.8, 4) is 0 Å². The summed E-state index contributed by atoms with van der Waals surface area (Å²) in [5.41, 5.74) is 1.13. The number of aliphatic imine (C=N–C) groups is 1. The Bertz CT molecular complexity index is 602. The second kappa shape index (κ2) is 12.5. The maximum atomic E-state index is 4.61. The standard InChI is InChI=1S/C17H24N4S2.HI/c1-3-18-17(19-10-9-15-13-23-14(2)21-15)20-11-12-22-16-7-5-4-6-8-16;/h4-8,13H,3,9-12H2,1-2H3,(H2,18,19,20);1H. The van der Waals surface area contributed by atoms with Gasteiger partial charge in [-0.1, -0.05) is 18.2 Å². The van der Waals surface area contributed by atoms with Gasteiger partial charge in [0.1, 0.15) is 0 Å². The SMILES string of the molecule is CCNC(=NCCc1csc(C)n1)NCCSc1ccccc1.I. The molecule has 0 atom stereocenters. The van der Waals surface area contributed by atoms with Crippen LogP contribution in [-0.2, 0) is 6.42 Å². The molecule has 0 aliphatic carbocycles. The second-order valence-corrected chi connectivity index (χ2v) is 7.19. The van der Waals surface area contributed by atoms with E-state index in [4.69, 9.17) is 0 Å². The zero-order chi connectivity index (χ0) is 16.3. The molecule has 2 rings (SSSR count). The van der Waals surface area contributed by atoms with E-state index in [0.29, 0.717) is 0 Å². The lowest BCUT2D eigenvalue weighted by atomic mass is 10.3. The Morgan fingerprint density at radius 2 is 2.04 bits per heavy atom. The maximum absolute atomic E-state index is 4.61. The smallest absolute Gasteiger partial charge is 0.191 e. The van der Waals surface area contributed by atoms with Crippen LogP contribution in [0.2, 0.25) is 0 Å². The van der Waals surface area contributed by atoms with E-state index in [0.717, 1.165) is 48.5 Å². The van der Waals surface area contributed by atoms with Gasteiger partial charge in [0.25, 0.3) is 0 Å². The quantitative estimate of drug-likeness (QED) is 0.199. The summed E-state index contributed by atoms with van der Waals surface area (Å²) in [6.07, 6.45) is 0.889. The van der Waals surface area contributed by atoms with Crippen molar-refractivity contribution in [3.05, 3.63) is 46.4 Å². The van der Waals surface area contributed by atoms with E-state index in [-0.39, 0.29) is 24.0 Å². The third kappa shape index (κ3) is 8.34. The van der Waals surface area contributed by atoms with Crippen molar-refractivity contribution >= 4 is 53.0 Å². The summed E-state index contributed by atoms with van der Waals surface area (Å²) in [5, 5.41) is 9.90. The Morgan fingerprint density at radius 3 is 2.71 bits per heavy atom. The number of aryl methyl sites for hydroxylation is 1. The van der Waals surface area contributed by atoms with Crippen molar-refractivity contribution < 1.29 is 0 Å². The van der Waals surface area contributed by atoms with Crippen molar-refractivity contribution in [1.82, 2.24) is 15.6 Å². The minimum atomic E-state index is 0. The Hall–Kier alpha value is -0.800. The number of rotatable bonds is 8. The number of nitrogens with zero attached hydrogens (tertiary/aromatic N) is 2. The zero-order valence-corrected chi connectivity index (χ0v) is 18.1. The van der Waals surface area contributed by atoms with Gasteiger partial charge in [0.15, 0.2) is 5.96 Å². The highest BCUT2D eigenvalue weighted by Gasteiger charge is 2.00. The lowest BCUT2D eigenvalue weighted by Crippen LogP contribution is -2.38. The summed E-state index contributed by atoms with van der Waals surface area (Å²) in [6.45, 7) is 6.63. The monoisotopic (exact) mass is 476 g/mol. The van der Waals surface area contributed by atoms with Crippen LogP contribution in [-0.4, -0.2) is 36.3 Å². The van der Waals surface area contributed by atoms with Crippen LogP contribution in [0.1, 0.15) is 17.6 Å². The highest BCUT2D eigenvalue weighted by atomic mass is 127. The summed E-state index contributed by atoms with van der Waals surface area (Å²) >= 11 is 3.54. The van der Waals surface area contributed by atoms with Gasteiger partial charge in [-0.3, -0.25) is 4.99 Å². The zero-order valence-electron chi connectivity index (χ0n) is 14.1. The van der Waals surface area contributed by atoms with E-state index in [9.17, 15) is 0 Å². The third-order valence-corrected chi connectivity index (χ3v) is 4.89. The predicted molar refractivity (Wildman–Crippen MR) is 117 cm³/mol. The highest BCUT2D eigenvalue weighted by molar-refractivity contribution is 14.0. The number of benzene rings is 1. The van der Waals surface area contributed by atoms with Crippen LogP contribution < -0.4 is 10.6 Å². The van der Waals surface area contributed by atoms with Gasteiger partial charge < -0.3 is 10.6 Å². The molecule has 7 heteroatoms. The summed E-state index contributed by atoms with van der Waals surface area (Å²) in [4.78, 5) is 10.4. The lowest BCUT2D eigenvalue weighted by molar-refractivity contribution is 0.831. The van der Waals surface area contributed by atoms with Crippen molar-refractivity contribution in [3.63, 3.8) is 0 Å². The van der Waals surface area contributed by atoms with Crippen LogP contribution in [0.15, 0.2) is 45.6 Å². The van der Waals surface area contributed by atoms with Crippen molar-refractivity contribution in [2.45, 2.75) is 25.2 Å². The molecule has 24 heavy (non-hydrogen) atoms. The fraction of sp³-hybridized carbons (Fsp3) is 0.412. The van der Waals surface area contributed by atoms with Crippen LogP contribution in [0.5, 0.6) is 0 Å². The van der Waals surface area contributed by atoms with Gasteiger partial charge in [-0.15, -0.1) is 47.1 Å². The van der Waals surface area contributed by atoms with E-state index in [2.05, 4.69) is 57.2 Å². The summed E-state index contributed by atoms with van der Waals surface area (Å²) in [6, 6.07) is 10.5. The molecule has 0 aliphatic rings. The Kier molecular flexibility index (Phi) is 11.1. The van der Waals surface area contributed by atoms with Crippen molar-refractivity contribution in [2.75, 3.05) is 25.4 Å². The van der Waals surface area contributed by atoms with Crippen LogP contribution >= 0.6 is 47.1 Å². The van der Waals surface area contributed by atoms with E-state index in [1.165, 1.54) is 4.90 Å². The van der Waals surface area contributed by atoms with Crippen LogP contribution in [0.3, 0.4) is 0 Å². The van der Waals surface area contributed by atoms with Crippen molar-refractivity contribution in [2.24, 2.45) is 4.99 Å². The van der Waals surface area contributed by atoms with E-state index < -0.39 is 0 Å². The molecule has 0 amide bonds. The first-order valence-electron chi connectivity index (χ1n) is 7.89. The third-order valence-electron chi connectivity index (χ3n) is 3.06. The number of nitrogens with one attached hydrogen (secondary N) is 2. The van der Waals surface area contributed by atoms with Crippen molar-refractivity contribution in [1.29, 1.82) is 0 Å². The Balaban J connectivity index is 0.00000288. The topological polar surface area (TPSA) is 49.3 Å². The Morgan fingerprint density at radius 1 is 1.25 bits per heavy atom. The Labute approximate surface area is 170 Å². The lowest BCUT2D eigenvalue weighted by Gasteiger charge is -2.11. The van der Waals surface area contributed by atoms with E-state index in [1.807, 2.05) is 24.8 Å². The normalized spacial score (nSPS) is 11.0. The molecule has 2 aromatic rings. The van der Waals surface area contributed by atoms with Gasteiger partial charge in [0.2, 0.25) is 0 Å². The molecule has 0 saturated carbocycles. The van der Waals surface area contributed by atoms with Gasteiger partial charge in [-0.2, -0.15) is 0 Å². The fourth-order valence-electron chi connectivity index (χ4n) is 2.00.